The Hall–Kier alpha value is -3.40. The van der Waals surface area contributed by atoms with E-state index in [4.69, 9.17) is 21.4 Å². The van der Waals surface area contributed by atoms with E-state index in [-0.39, 0.29) is 21.9 Å². The monoisotopic (exact) mass is 573 g/mol. The molecule has 0 spiro atoms. The number of aliphatic hydroxyl groups is 1. The number of halogens is 1. The second-order valence-corrected chi connectivity index (χ2v) is 12.6. The van der Waals surface area contributed by atoms with Crippen LogP contribution in [-0.2, 0) is 21.0 Å². The molecule has 0 heterocycles. The van der Waals surface area contributed by atoms with E-state index in [2.05, 4.69) is 0 Å². The summed E-state index contributed by atoms with van der Waals surface area (Å²) >= 11 is 6.07. The Morgan fingerprint density at radius 1 is 0.974 bits per heavy atom. The third-order valence-corrected chi connectivity index (χ3v) is 7.96. The molecule has 208 valence electrons. The number of carbonyl (C=O) groups excluding carboxylic acids is 1. The Bertz CT molecular complexity index is 1420. The molecule has 1 amide bonds. The van der Waals surface area contributed by atoms with Crippen LogP contribution in [0.5, 0.6) is 0 Å². The summed E-state index contributed by atoms with van der Waals surface area (Å²) in [6.07, 6.45) is -1.21. The summed E-state index contributed by atoms with van der Waals surface area (Å²) in [4.78, 5) is 25.6. The van der Waals surface area contributed by atoms with Gasteiger partial charge in [-0.2, -0.15) is 0 Å². The highest BCUT2D eigenvalue weighted by Crippen LogP contribution is 2.25. The second kappa shape index (κ2) is 12.2. The maximum Gasteiger partial charge on any atom is 0.410 e. The van der Waals surface area contributed by atoms with Crippen molar-refractivity contribution in [1.29, 1.82) is 0 Å². The fourth-order valence-corrected chi connectivity index (χ4v) is 5.39. The maximum atomic E-state index is 13.1. The van der Waals surface area contributed by atoms with Gasteiger partial charge in [0, 0.05) is 11.1 Å². The van der Waals surface area contributed by atoms with Crippen LogP contribution in [0.15, 0.2) is 82.6 Å². The van der Waals surface area contributed by atoms with Crippen molar-refractivity contribution in [2.45, 2.75) is 61.7 Å². The molecule has 2 N–H and O–H groups in total. The van der Waals surface area contributed by atoms with Crippen molar-refractivity contribution < 1.29 is 33.0 Å². The van der Waals surface area contributed by atoms with Crippen molar-refractivity contribution in [3.05, 3.63) is 94.5 Å². The Morgan fingerprint density at radius 3 is 2.05 bits per heavy atom. The zero-order valence-electron chi connectivity index (χ0n) is 22.2. The smallest absolute Gasteiger partial charge is 0.410 e. The Labute approximate surface area is 233 Å². The number of aliphatic hydroxyl groups excluding tert-OH is 1. The minimum absolute atomic E-state index is 0.00620. The average Bonchev–Trinajstić information content (AvgIpc) is 2.86. The van der Waals surface area contributed by atoms with Gasteiger partial charge in [0.1, 0.15) is 5.60 Å². The molecule has 0 saturated heterocycles. The molecule has 3 aromatic rings. The minimum Gasteiger partial charge on any atom is -0.478 e. The highest BCUT2D eigenvalue weighted by Gasteiger charge is 2.29. The van der Waals surface area contributed by atoms with Gasteiger partial charge in [0.2, 0.25) is 9.84 Å². The zero-order valence-corrected chi connectivity index (χ0v) is 23.7. The minimum atomic E-state index is -3.85. The molecule has 0 fully saturated rings. The summed E-state index contributed by atoms with van der Waals surface area (Å²) in [6.45, 7) is 7.07. The van der Waals surface area contributed by atoms with Gasteiger partial charge in [0.25, 0.3) is 0 Å². The number of ether oxygens (including phenoxy) is 1. The van der Waals surface area contributed by atoms with Gasteiger partial charge in [-0.1, -0.05) is 35.9 Å². The zero-order chi connectivity index (χ0) is 29.0. The van der Waals surface area contributed by atoms with Gasteiger partial charge in [0.05, 0.1) is 28.0 Å². The summed E-state index contributed by atoms with van der Waals surface area (Å²) in [7, 11) is -3.85. The van der Waals surface area contributed by atoms with Crippen LogP contribution in [0, 0.1) is 0 Å². The first kappa shape index (κ1) is 30.1. The van der Waals surface area contributed by atoms with Gasteiger partial charge in [0.15, 0.2) is 0 Å². The fourth-order valence-electron chi connectivity index (χ4n) is 3.93. The third-order valence-electron chi connectivity index (χ3n) is 5.94. The Balaban J connectivity index is 1.79. The third kappa shape index (κ3) is 8.05. The number of hydrogen-bond donors (Lipinski definition) is 2. The summed E-state index contributed by atoms with van der Waals surface area (Å²) in [5, 5.41) is 20.4. The molecule has 0 saturated carbocycles. The van der Waals surface area contributed by atoms with Crippen LogP contribution in [-0.4, -0.2) is 53.8 Å². The Morgan fingerprint density at radius 2 is 1.54 bits per heavy atom. The molecule has 0 aliphatic rings. The van der Waals surface area contributed by atoms with Gasteiger partial charge >= 0.3 is 12.1 Å². The van der Waals surface area contributed by atoms with Crippen LogP contribution < -0.4 is 0 Å². The molecule has 0 radical (unpaired) electrons. The van der Waals surface area contributed by atoms with E-state index in [0.717, 1.165) is 5.56 Å². The molecule has 3 rings (SSSR count). The number of aromatic carboxylic acids is 1. The summed E-state index contributed by atoms with van der Waals surface area (Å²) in [6, 6.07) is 17.7. The van der Waals surface area contributed by atoms with Crippen LogP contribution in [0.4, 0.5) is 4.79 Å². The predicted molar refractivity (Wildman–Crippen MR) is 148 cm³/mol. The molecule has 10 heteroatoms. The van der Waals surface area contributed by atoms with Gasteiger partial charge in [-0.3, -0.25) is 0 Å². The highest BCUT2D eigenvalue weighted by molar-refractivity contribution is 7.91. The van der Waals surface area contributed by atoms with Gasteiger partial charge in [-0.25, -0.2) is 18.0 Å². The van der Waals surface area contributed by atoms with Crippen molar-refractivity contribution in [1.82, 2.24) is 4.90 Å². The SMILES string of the molecule is C[C@H](Cc1ccc(S(=O)(=O)c2ccc(C(=O)O)cc2)cc1)N(C[C@@H](O)c1cccc(Cl)c1)C(=O)OC(C)(C)C. The van der Waals surface area contributed by atoms with E-state index in [1.54, 1.807) is 57.2 Å². The molecule has 0 bridgehead atoms. The summed E-state index contributed by atoms with van der Waals surface area (Å²) in [5.41, 5.74) is 0.588. The van der Waals surface area contributed by atoms with Crippen molar-refractivity contribution in [2.24, 2.45) is 0 Å². The van der Waals surface area contributed by atoms with Crippen LogP contribution in [0.25, 0.3) is 0 Å². The fraction of sp³-hybridized carbons (Fsp3) is 0.310. The molecule has 0 unspecified atom stereocenters. The van der Waals surface area contributed by atoms with Crippen LogP contribution in [0.3, 0.4) is 0 Å². The topological polar surface area (TPSA) is 121 Å². The largest absolute Gasteiger partial charge is 0.478 e. The van der Waals surface area contributed by atoms with E-state index < -0.39 is 39.6 Å². The number of carbonyl (C=O) groups is 2. The van der Waals surface area contributed by atoms with E-state index in [1.165, 1.54) is 41.3 Å². The standard InChI is InChI=1S/C29H32ClNO7S/c1-19(31(28(35)38-29(2,3)4)18-26(32)22-6-5-7-23(30)17-22)16-20-8-12-24(13-9-20)39(36,37)25-14-10-21(11-15-25)27(33)34/h5-15,17,19,26,32H,16,18H2,1-4H3,(H,33,34)/t19-,26-/m1/s1. The number of carboxylic acid groups (broad SMARTS) is 1. The molecule has 0 aliphatic carbocycles. The van der Waals surface area contributed by atoms with Crippen molar-refractivity contribution in [2.75, 3.05) is 6.54 Å². The summed E-state index contributed by atoms with van der Waals surface area (Å²) < 4.78 is 31.6. The van der Waals surface area contributed by atoms with Crippen LogP contribution in [0.2, 0.25) is 5.02 Å². The number of hydrogen-bond acceptors (Lipinski definition) is 6. The van der Waals surface area contributed by atoms with E-state index in [1.807, 2.05) is 6.92 Å². The normalized spacial score (nSPS) is 13.4. The lowest BCUT2D eigenvalue weighted by Gasteiger charge is -2.33. The van der Waals surface area contributed by atoms with Crippen molar-refractivity contribution >= 4 is 33.5 Å². The predicted octanol–water partition coefficient (Wildman–Crippen LogP) is 5.77. The molecule has 3 aromatic carbocycles. The van der Waals surface area contributed by atoms with Gasteiger partial charge < -0.3 is 19.8 Å². The van der Waals surface area contributed by atoms with Crippen molar-refractivity contribution in [3.63, 3.8) is 0 Å². The van der Waals surface area contributed by atoms with E-state index in [9.17, 15) is 23.1 Å². The summed E-state index contributed by atoms with van der Waals surface area (Å²) in [5.74, 6) is -1.14. The second-order valence-electron chi connectivity index (χ2n) is 10.2. The average molecular weight is 574 g/mol. The Kier molecular flexibility index (Phi) is 9.43. The number of carboxylic acids is 1. The first-order valence-corrected chi connectivity index (χ1v) is 14.1. The molecule has 0 aliphatic heterocycles. The van der Waals surface area contributed by atoms with Gasteiger partial charge in [-0.15, -0.1) is 0 Å². The molecule has 0 aromatic heterocycles. The number of sulfone groups is 1. The highest BCUT2D eigenvalue weighted by atomic mass is 35.5. The number of nitrogens with zero attached hydrogens (tertiary/aromatic N) is 1. The quantitative estimate of drug-likeness (QED) is 0.333. The lowest BCUT2D eigenvalue weighted by atomic mass is 10.0. The van der Waals surface area contributed by atoms with Crippen molar-refractivity contribution in [3.8, 4) is 0 Å². The van der Waals surface area contributed by atoms with Crippen LogP contribution >= 0.6 is 11.6 Å². The first-order valence-electron chi connectivity index (χ1n) is 12.3. The van der Waals surface area contributed by atoms with E-state index in [0.29, 0.717) is 17.0 Å². The molecular formula is C29H32ClNO7S. The number of rotatable bonds is 9. The molecule has 2 atom stereocenters. The number of amides is 1. The molecular weight excluding hydrogens is 542 g/mol. The first-order chi connectivity index (χ1) is 18.2. The molecule has 8 nitrogen and oxygen atoms in total. The lowest BCUT2D eigenvalue weighted by molar-refractivity contribution is 0.00546. The maximum absolute atomic E-state index is 13.1. The lowest BCUT2D eigenvalue weighted by Crippen LogP contribution is -2.45. The van der Waals surface area contributed by atoms with Crippen LogP contribution in [0.1, 0.15) is 55.3 Å². The number of benzene rings is 3. The molecule has 39 heavy (non-hydrogen) atoms. The van der Waals surface area contributed by atoms with Gasteiger partial charge in [-0.05, 0) is 93.8 Å². The van der Waals surface area contributed by atoms with E-state index >= 15 is 0 Å².